The number of nitrogens with two attached hydrogens (primary N) is 1. The summed E-state index contributed by atoms with van der Waals surface area (Å²) in [6.45, 7) is 0. The molecular weight excluding hydrogens is 290 g/mol. The number of aryl methyl sites for hydroxylation is 1. The first-order valence-electron chi connectivity index (χ1n) is 6.11. The molecule has 0 amide bonds. The van der Waals surface area contributed by atoms with Crippen molar-refractivity contribution in [3.8, 4) is 0 Å². The van der Waals surface area contributed by atoms with Gasteiger partial charge in [-0.2, -0.15) is 8.42 Å². The lowest BCUT2D eigenvalue weighted by molar-refractivity contribution is 0.592. The van der Waals surface area contributed by atoms with Gasteiger partial charge in [0.1, 0.15) is 0 Å². The van der Waals surface area contributed by atoms with Gasteiger partial charge in [-0.3, -0.25) is 9.71 Å². The van der Waals surface area contributed by atoms with Gasteiger partial charge in [-0.15, -0.1) is 0 Å². The minimum atomic E-state index is -3.83. The largest absolute Gasteiger partial charge is 0.381 e. The van der Waals surface area contributed by atoms with Gasteiger partial charge in [0.15, 0.2) is 10.8 Å². The van der Waals surface area contributed by atoms with E-state index in [9.17, 15) is 8.42 Å². The molecular formula is C13H13N5O2S. The van der Waals surface area contributed by atoms with Crippen LogP contribution in [0.2, 0.25) is 0 Å². The first-order valence-corrected chi connectivity index (χ1v) is 7.60. The predicted octanol–water partition coefficient (Wildman–Crippen LogP) is 1.35. The van der Waals surface area contributed by atoms with E-state index in [1.54, 1.807) is 31.6 Å². The summed E-state index contributed by atoms with van der Waals surface area (Å²) in [6, 6.07) is 7.14. The van der Waals surface area contributed by atoms with E-state index in [-0.39, 0.29) is 10.8 Å². The SMILES string of the molecule is Cn1cnc(N)c1S(=O)(=O)Nc1cccc2ccncc12. The van der Waals surface area contributed by atoms with Crippen LogP contribution in [0.15, 0.2) is 48.0 Å². The molecule has 108 valence electrons. The quantitative estimate of drug-likeness (QED) is 0.760. The Morgan fingerprint density at radius 3 is 2.81 bits per heavy atom. The fourth-order valence-corrected chi connectivity index (χ4v) is 3.48. The Morgan fingerprint density at radius 2 is 2.10 bits per heavy atom. The Kier molecular flexibility index (Phi) is 3.02. The topological polar surface area (TPSA) is 103 Å². The van der Waals surface area contributed by atoms with Crippen LogP contribution in [0.5, 0.6) is 0 Å². The molecule has 0 radical (unpaired) electrons. The van der Waals surface area contributed by atoms with Gasteiger partial charge in [0.25, 0.3) is 10.0 Å². The van der Waals surface area contributed by atoms with Crippen LogP contribution in [-0.2, 0) is 17.1 Å². The number of nitrogen functional groups attached to an aromatic ring is 1. The van der Waals surface area contributed by atoms with Crippen molar-refractivity contribution in [3.63, 3.8) is 0 Å². The van der Waals surface area contributed by atoms with Crippen LogP contribution in [0.25, 0.3) is 10.8 Å². The van der Waals surface area contributed by atoms with Crippen molar-refractivity contribution < 1.29 is 8.42 Å². The number of pyridine rings is 1. The van der Waals surface area contributed by atoms with Crippen molar-refractivity contribution in [2.75, 3.05) is 10.5 Å². The summed E-state index contributed by atoms with van der Waals surface area (Å²) in [7, 11) is -2.25. The molecule has 0 saturated heterocycles. The maximum absolute atomic E-state index is 12.5. The number of anilines is 2. The van der Waals surface area contributed by atoms with Crippen LogP contribution >= 0.6 is 0 Å². The second-order valence-corrected chi connectivity index (χ2v) is 6.15. The molecule has 3 rings (SSSR count). The first-order chi connectivity index (χ1) is 9.99. The molecule has 0 spiro atoms. The van der Waals surface area contributed by atoms with Crippen LogP contribution in [0.1, 0.15) is 0 Å². The molecule has 0 unspecified atom stereocenters. The van der Waals surface area contributed by atoms with E-state index in [2.05, 4.69) is 14.7 Å². The maximum Gasteiger partial charge on any atom is 0.281 e. The average Bonchev–Trinajstić information content (AvgIpc) is 2.79. The highest BCUT2D eigenvalue weighted by Gasteiger charge is 2.23. The summed E-state index contributed by atoms with van der Waals surface area (Å²) in [4.78, 5) is 7.82. The highest BCUT2D eigenvalue weighted by molar-refractivity contribution is 7.92. The minimum Gasteiger partial charge on any atom is -0.381 e. The van der Waals surface area contributed by atoms with E-state index in [1.165, 1.54) is 10.9 Å². The van der Waals surface area contributed by atoms with Gasteiger partial charge in [-0.1, -0.05) is 12.1 Å². The molecule has 3 N–H and O–H groups in total. The molecule has 2 heterocycles. The third-order valence-corrected chi connectivity index (χ3v) is 4.59. The standard InChI is InChI=1S/C13H13N5O2S/c1-18-8-16-12(14)13(18)21(19,20)17-11-4-2-3-9-5-6-15-7-10(9)11/h2-8,17H,14H2,1H3. The Morgan fingerprint density at radius 1 is 1.29 bits per heavy atom. The van der Waals surface area contributed by atoms with Gasteiger partial charge in [0.2, 0.25) is 0 Å². The summed E-state index contributed by atoms with van der Waals surface area (Å²) >= 11 is 0. The maximum atomic E-state index is 12.5. The minimum absolute atomic E-state index is 0.0386. The van der Waals surface area contributed by atoms with E-state index in [4.69, 9.17) is 5.73 Å². The van der Waals surface area contributed by atoms with Gasteiger partial charge in [0, 0.05) is 24.8 Å². The van der Waals surface area contributed by atoms with Gasteiger partial charge in [-0.05, 0) is 17.5 Å². The number of rotatable bonds is 3. The van der Waals surface area contributed by atoms with Crippen molar-refractivity contribution in [2.45, 2.75) is 5.03 Å². The molecule has 8 heteroatoms. The number of fused-ring (bicyclic) bond motifs is 1. The second-order valence-electron chi connectivity index (χ2n) is 4.55. The number of hydrogen-bond donors (Lipinski definition) is 2. The van der Waals surface area contributed by atoms with Crippen LogP contribution in [0.3, 0.4) is 0 Å². The molecule has 0 aliphatic heterocycles. The van der Waals surface area contributed by atoms with Gasteiger partial charge >= 0.3 is 0 Å². The van der Waals surface area contributed by atoms with E-state index >= 15 is 0 Å². The summed E-state index contributed by atoms with van der Waals surface area (Å²) in [5.74, 6) is -0.0386. The predicted molar refractivity (Wildman–Crippen MR) is 80.2 cm³/mol. The van der Waals surface area contributed by atoms with E-state index in [0.717, 1.165) is 5.39 Å². The van der Waals surface area contributed by atoms with Gasteiger partial charge in [0.05, 0.1) is 12.0 Å². The summed E-state index contributed by atoms with van der Waals surface area (Å²) in [5.41, 5.74) is 6.08. The molecule has 0 aliphatic carbocycles. The number of nitrogens with one attached hydrogen (secondary N) is 1. The highest BCUT2D eigenvalue weighted by atomic mass is 32.2. The Labute approximate surface area is 121 Å². The third-order valence-electron chi connectivity index (χ3n) is 3.09. The summed E-state index contributed by atoms with van der Waals surface area (Å²) in [6.07, 6.45) is 4.62. The molecule has 0 atom stereocenters. The number of hydrogen-bond acceptors (Lipinski definition) is 5. The number of sulfonamides is 1. The van der Waals surface area contributed by atoms with Crippen molar-refractivity contribution in [2.24, 2.45) is 7.05 Å². The number of nitrogens with zero attached hydrogens (tertiary/aromatic N) is 3. The zero-order valence-electron chi connectivity index (χ0n) is 11.2. The molecule has 21 heavy (non-hydrogen) atoms. The molecule has 2 aromatic heterocycles. The van der Waals surface area contributed by atoms with Gasteiger partial charge < -0.3 is 10.3 Å². The Balaban J connectivity index is 2.10. The zero-order chi connectivity index (χ0) is 15.0. The average molecular weight is 303 g/mol. The lowest BCUT2D eigenvalue weighted by Gasteiger charge is -2.11. The van der Waals surface area contributed by atoms with Gasteiger partial charge in [-0.25, -0.2) is 4.98 Å². The van der Waals surface area contributed by atoms with Crippen LogP contribution in [0, 0.1) is 0 Å². The molecule has 0 aliphatic rings. The number of imidazole rings is 1. The van der Waals surface area contributed by atoms with Crippen molar-refractivity contribution in [1.29, 1.82) is 0 Å². The summed E-state index contributed by atoms with van der Waals surface area (Å²) in [5, 5.41) is 1.54. The molecule has 0 saturated carbocycles. The fourth-order valence-electron chi connectivity index (χ4n) is 2.16. The molecule has 1 aromatic carbocycles. The molecule has 7 nitrogen and oxygen atoms in total. The molecule has 3 aromatic rings. The van der Waals surface area contributed by atoms with Crippen molar-refractivity contribution in [3.05, 3.63) is 43.0 Å². The second kappa shape index (κ2) is 4.74. The van der Waals surface area contributed by atoms with E-state index in [0.29, 0.717) is 11.1 Å². The monoisotopic (exact) mass is 303 g/mol. The van der Waals surface area contributed by atoms with E-state index in [1.807, 2.05) is 12.1 Å². The Bertz CT molecular complexity index is 892. The molecule has 0 fully saturated rings. The van der Waals surface area contributed by atoms with Crippen molar-refractivity contribution in [1.82, 2.24) is 14.5 Å². The zero-order valence-corrected chi connectivity index (χ0v) is 12.0. The van der Waals surface area contributed by atoms with Crippen LogP contribution < -0.4 is 10.5 Å². The first kappa shape index (κ1) is 13.4. The summed E-state index contributed by atoms with van der Waals surface area (Å²) < 4.78 is 28.9. The van der Waals surface area contributed by atoms with Crippen LogP contribution in [-0.4, -0.2) is 23.0 Å². The van der Waals surface area contributed by atoms with Crippen LogP contribution in [0.4, 0.5) is 11.5 Å². The Hall–Kier alpha value is -2.61. The van der Waals surface area contributed by atoms with E-state index < -0.39 is 10.0 Å². The lowest BCUT2D eigenvalue weighted by atomic mass is 10.1. The lowest BCUT2D eigenvalue weighted by Crippen LogP contribution is -2.17. The third kappa shape index (κ3) is 2.29. The molecule has 0 bridgehead atoms. The number of aromatic nitrogens is 3. The normalized spacial score (nSPS) is 11.7. The number of benzene rings is 1. The smallest absolute Gasteiger partial charge is 0.281 e. The van der Waals surface area contributed by atoms with Crippen molar-refractivity contribution >= 4 is 32.3 Å². The highest BCUT2D eigenvalue weighted by Crippen LogP contribution is 2.26. The fraction of sp³-hybridized carbons (Fsp3) is 0.0769.